The fraction of sp³-hybridized carbons (Fsp3) is 0.590. The number of carbonyl (C=O) groups excluding carboxylic acids is 1. The maximum absolute atomic E-state index is 14.3. The van der Waals surface area contributed by atoms with Crippen LogP contribution in [0.2, 0.25) is 5.02 Å². The molecular formula is C39H48ClF2N7O4. The first-order valence-corrected chi connectivity index (χ1v) is 19.2. The summed E-state index contributed by atoms with van der Waals surface area (Å²) in [6.07, 6.45) is 3.33. The number of H-pyrrole nitrogens is 1. The van der Waals surface area contributed by atoms with Gasteiger partial charge in [0.05, 0.1) is 16.7 Å². The predicted octanol–water partition coefficient (Wildman–Crippen LogP) is 8.01. The van der Waals surface area contributed by atoms with Gasteiger partial charge in [0.1, 0.15) is 29.1 Å². The van der Waals surface area contributed by atoms with Crippen molar-refractivity contribution in [3.8, 4) is 22.9 Å². The number of fused-ring (bicyclic) bond motifs is 2. The third-order valence-electron chi connectivity index (χ3n) is 11.4. The number of ether oxygens (including phenoxy) is 3. The highest BCUT2D eigenvalue weighted by Gasteiger charge is 2.49. The number of hydrogen-bond acceptors (Lipinski definition) is 9. The number of hydrogen-bond donors (Lipinski definition) is 1. The molecular weight excluding hydrogens is 704 g/mol. The quantitative estimate of drug-likeness (QED) is 0.201. The fourth-order valence-electron chi connectivity index (χ4n) is 8.35. The lowest BCUT2D eigenvalue weighted by Gasteiger charge is -2.53. The van der Waals surface area contributed by atoms with Crippen LogP contribution < -0.4 is 14.4 Å². The molecule has 1 aliphatic carbocycles. The van der Waals surface area contributed by atoms with Gasteiger partial charge in [-0.25, -0.2) is 13.6 Å². The highest BCUT2D eigenvalue weighted by atomic mass is 35.5. The summed E-state index contributed by atoms with van der Waals surface area (Å²) >= 11 is 7.27. The van der Waals surface area contributed by atoms with Crippen molar-refractivity contribution in [3.63, 3.8) is 0 Å². The van der Waals surface area contributed by atoms with Crippen LogP contribution in [0.25, 0.3) is 32.9 Å². The van der Waals surface area contributed by atoms with E-state index >= 15 is 0 Å². The summed E-state index contributed by atoms with van der Waals surface area (Å²) in [5.74, 6) is -1.77. The maximum Gasteiger partial charge on any atom is 0.410 e. The van der Waals surface area contributed by atoms with Gasteiger partial charge in [0.15, 0.2) is 5.75 Å². The maximum atomic E-state index is 14.3. The Labute approximate surface area is 313 Å². The number of piperidine rings is 2. The first-order chi connectivity index (χ1) is 25.2. The minimum atomic E-state index is -2.79. The van der Waals surface area contributed by atoms with Gasteiger partial charge in [0, 0.05) is 79.4 Å². The molecule has 8 rings (SSSR count). The topological polar surface area (TPSA) is 109 Å². The van der Waals surface area contributed by atoms with E-state index in [9.17, 15) is 13.6 Å². The van der Waals surface area contributed by atoms with Gasteiger partial charge in [-0.3, -0.25) is 5.10 Å². The van der Waals surface area contributed by atoms with Crippen molar-refractivity contribution in [3.05, 3.63) is 35.0 Å². The van der Waals surface area contributed by atoms with E-state index in [1.807, 2.05) is 45.9 Å². The van der Waals surface area contributed by atoms with Gasteiger partial charge in [0.25, 0.3) is 5.92 Å². The Bertz CT molecular complexity index is 2020. The number of rotatable bonds is 7. The van der Waals surface area contributed by atoms with Crippen LogP contribution in [0.1, 0.15) is 71.8 Å². The number of anilines is 1. The van der Waals surface area contributed by atoms with Crippen LogP contribution in [0.4, 0.5) is 19.4 Å². The number of amides is 1. The van der Waals surface area contributed by atoms with Gasteiger partial charge in [-0.1, -0.05) is 24.6 Å². The summed E-state index contributed by atoms with van der Waals surface area (Å²) in [4.78, 5) is 29.2. The molecule has 0 unspecified atom stereocenters. The molecule has 5 heterocycles. The molecule has 0 radical (unpaired) electrons. The number of aromatic nitrogens is 4. The van der Waals surface area contributed by atoms with Gasteiger partial charge in [-0.2, -0.15) is 15.1 Å². The van der Waals surface area contributed by atoms with E-state index in [2.05, 4.69) is 26.9 Å². The average Bonchev–Trinajstić information content (AvgIpc) is 3.56. The van der Waals surface area contributed by atoms with E-state index in [0.717, 1.165) is 67.3 Å². The second-order valence-corrected chi connectivity index (χ2v) is 16.9. The zero-order valence-corrected chi connectivity index (χ0v) is 31.9. The van der Waals surface area contributed by atoms with Crippen molar-refractivity contribution in [2.24, 2.45) is 5.41 Å². The molecule has 0 bridgehead atoms. The highest BCUT2D eigenvalue weighted by molar-refractivity contribution is 6.35. The Morgan fingerprint density at radius 2 is 1.72 bits per heavy atom. The van der Waals surface area contributed by atoms with E-state index in [-0.39, 0.29) is 36.5 Å². The Hall–Kier alpha value is -3.97. The Morgan fingerprint density at radius 1 is 1.00 bits per heavy atom. The lowest BCUT2D eigenvalue weighted by molar-refractivity contribution is -0.134. The van der Waals surface area contributed by atoms with Crippen molar-refractivity contribution >= 4 is 45.3 Å². The van der Waals surface area contributed by atoms with E-state index in [1.165, 1.54) is 0 Å². The molecule has 284 valence electrons. The largest absolute Gasteiger partial charge is 0.487 e. The van der Waals surface area contributed by atoms with Crippen LogP contribution in [0.5, 0.6) is 11.8 Å². The van der Waals surface area contributed by atoms with Gasteiger partial charge >= 0.3 is 12.1 Å². The molecule has 3 saturated heterocycles. The van der Waals surface area contributed by atoms with Gasteiger partial charge < -0.3 is 28.9 Å². The summed E-state index contributed by atoms with van der Waals surface area (Å²) in [5, 5.41) is 9.24. The van der Waals surface area contributed by atoms with Gasteiger partial charge in [0.2, 0.25) is 0 Å². The van der Waals surface area contributed by atoms with Crippen LogP contribution in [-0.4, -0.2) is 106 Å². The zero-order chi connectivity index (χ0) is 37.3. The first-order valence-electron chi connectivity index (χ1n) is 18.8. The number of nitrogens with zero attached hydrogens (tertiary/aromatic N) is 6. The predicted molar refractivity (Wildman–Crippen MR) is 200 cm³/mol. The molecule has 1 N–H and O–H groups in total. The van der Waals surface area contributed by atoms with Crippen LogP contribution >= 0.6 is 11.6 Å². The summed E-state index contributed by atoms with van der Waals surface area (Å²) in [6.45, 7) is 15.3. The molecule has 0 atom stereocenters. The summed E-state index contributed by atoms with van der Waals surface area (Å²) in [6, 6.07) is 6.05. The number of alkyl halides is 2. The highest BCUT2D eigenvalue weighted by Crippen LogP contribution is 2.51. The van der Waals surface area contributed by atoms with Gasteiger partial charge in [-0.05, 0) is 77.6 Å². The molecule has 1 amide bonds. The summed E-state index contributed by atoms with van der Waals surface area (Å²) in [7, 11) is 0. The van der Waals surface area contributed by atoms with E-state index in [4.69, 9.17) is 35.8 Å². The number of aromatic amines is 1. The normalized spacial score (nSPS) is 20.8. The standard InChI is InChI=1S/C39H48ClF2N7O4/c1-6-47-13-9-24(10-14-47)52-35-44-32-26(34(45-35)48-15-11-38(12-16-48)21-49(22-38)36(50)53-37(3,4)5)17-28(40)31(33(32)51-25-18-39(41,42)19-25)30-23(2)7-8-29-27(30)20-43-46-29/h7-8,17,20,24-25H,6,9-16,18-19,21-22H2,1-5H3,(H,43,46). The number of aryl methyl sites for hydroxylation is 1. The van der Waals surface area contributed by atoms with Crippen molar-refractivity contribution in [2.45, 2.75) is 96.9 Å². The van der Waals surface area contributed by atoms with Crippen LogP contribution in [0.15, 0.2) is 24.4 Å². The van der Waals surface area contributed by atoms with Crippen molar-refractivity contribution in [1.82, 2.24) is 30.0 Å². The second-order valence-electron chi connectivity index (χ2n) is 16.5. The lowest BCUT2D eigenvalue weighted by Crippen LogP contribution is -2.62. The number of carbonyl (C=O) groups is 1. The monoisotopic (exact) mass is 751 g/mol. The van der Waals surface area contributed by atoms with E-state index in [0.29, 0.717) is 59.2 Å². The summed E-state index contributed by atoms with van der Waals surface area (Å²) < 4.78 is 47.3. The van der Waals surface area contributed by atoms with E-state index in [1.54, 1.807) is 11.1 Å². The molecule has 2 aromatic heterocycles. The molecule has 1 spiro atoms. The third kappa shape index (κ3) is 7.06. The molecule has 53 heavy (non-hydrogen) atoms. The molecule has 1 saturated carbocycles. The van der Waals surface area contributed by atoms with Crippen LogP contribution in [-0.2, 0) is 4.74 Å². The Morgan fingerprint density at radius 3 is 2.38 bits per heavy atom. The Kier molecular flexibility index (Phi) is 9.11. The SMILES string of the molecule is CCN1CCC(Oc2nc(N3CCC4(CC3)CN(C(=O)OC(C)(C)C)C4)c3cc(Cl)c(-c4c(C)ccc5[nH]ncc45)c(OC4CC(F)(F)C4)c3n2)CC1. The van der Waals surface area contributed by atoms with Crippen molar-refractivity contribution in [2.75, 3.05) is 50.7 Å². The summed E-state index contributed by atoms with van der Waals surface area (Å²) in [5.41, 5.74) is 3.08. The molecule has 11 nitrogen and oxygen atoms in total. The van der Waals surface area contributed by atoms with E-state index < -0.39 is 17.6 Å². The molecule has 2 aromatic carbocycles. The van der Waals surface area contributed by atoms with Crippen molar-refractivity contribution < 1.29 is 27.8 Å². The second kappa shape index (κ2) is 13.4. The number of likely N-dealkylation sites (tertiary alicyclic amines) is 2. The minimum absolute atomic E-state index is 0.0121. The molecule has 4 fully saturated rings. The van der Waals surface area contributed by atoms with Gasteiger partial charge in [-0.15, -0.1) is 0 Å². The first kappa shape index (κ1) is 36.0. The third-order valence-corrected chi connectivity index (χ3v) is 11.7. The van der Waals surface area contributed by atoms with Crippen LogP contribution in [0, 0.1) is 12.3 Å². The number of benzene rings is 2. The number of halogens is 3. The zero-order valence-electron chi connectivity index (χ0n) is 31.1. The fourth-order valence-corrected chi connectivity index (χ4v) is 8.64. The average molecular weight is 752 g/mol. The van der Waals surface area contributed by atoms with Crippen LogP contribution in [0.3, 0.4) is 0 Å². The van der Waals surface area contributed by atoms with Crippen molar-refractivity contribution in [1.29, 1.82) is 0 Å². The molecule has 4 aliphatic rings. The molecule has 14 heteroatoms. The Balaban J connectivity index is 1.19. The minimum Gasteiger partial charge on any atom is -0.487 e. The smallest absolute Gasteiger partial charge is 0.410 e. The number of nitrogens with one attached hydrogen (secondary N) is 1. The lowest BCUT2D eigenvalue weighted by atomic mass is 9.72. The molecule has 4 aromatic rings. The molecule has 3 aliphatic heterocycles.